The Labute approximate surface area is 111 Å². The van der Waals surface area contributed by atoms with Crippen LogP contribution in [0.3, 0.4) is 0 Å². The molecule has 1 aliphatic rings. The van der Waals surface area contributed by atoms with Crippen LogP contribution in [0.15, 0.2) is 18.2 Å². The molecule has 1 fully saturated rings. The van der Waals surface area contributed by atoms with Gasteiger partial charge in [-0.1, -0.05) is 19.1 Å². The number of anilines is 1. The van der Waals surface area contributed by atoms with Gasteiger partial charge in [0.15, 0.2) is 0 Å². The molecule has 2 nitrogen and oxygen atoms in total. The van der Waals surface area contributed by atoms with Gasteiger partial charge in [0.25, 0.3) is 0 Å². The number of aryl methyl sites for hydroxylation is 1. The molecule has 1 aromatic carbocycles. The van der Waals surface area contributed by atoms with E-state index >= 15 is 0 Å². The van der Waals surface area contributed by atoms with Crippen LogP contribution in [0.2, 0.25) is 0 Å². The Hall–Kier alpha value is -1.02. The summed E-state index contributed by atoms with van der Waals surface area (Å²) in [6, 6.07) is 7.26. The van der Waals surface area contributed by atoms with Crippen molar-refractivity contribution in [2.45, 2.75) is 52.6 Å². The molecule has 0 aliphatic carbocycles. The number of piperazine rings is 1. The van der Waals surface area contributed by atoms with E-state index in [9.17, 15) is 0 Å². The minimum atomic E-state index is 0.196. The minimum absolute atomic E-state index is 0.196. The molecule has 1 saturated heterocycles. The van der Waals surface area contributed by atoms with Crippen molar-refractivity contribution in [1.29, 1.82) is 0 Å². The fraction of sp³-hybridized carbons (Fsp3) is 0.625. The largest absolute Gasteiger partial charge is 0.365 e. The van der Waals surface area contributed by atoms with E-state index in [4.69, 9.17) is 0 Å². The quantitative estimate of drug-likeness (QED) is 0.861. The first kappa shape index (κ1) is 13.4. The lowest BCUT2D eigenvalue weighted by Crippen LogP contribution is -2.61. The minimum Gasteiger partial charge on any atom is -0.365 e. The molecule has 0 radical (unpaired) electrons. The molecular weight excluding hydrogens is 220 g/mol. The van der Waals surface area contributed by atoms with Crippen molar-refractivity contribution >= 4 is 5.69 Å². The molecule has 2 rings (SSSR count). The molecule has 1 N–H and O–H groups in total. The fourth-order valence-corrected chi connectivity index (χ4v) is 2.81. The van der Waals surface area contributed by atoms with Gasteiger partial charge in [0.05, 0.1) is 0 Å². The predicted molar refractivity (Wildman–Crippen MR) is 79.4 cm³/mol. The van der Waals surface area contributed by atoms with E-state index in [2.05, 4.69) is 63.0 Å². The monoisotopic (exact) mass is 246 g/mol. The zero-order valence-corrected chi connectivity index (χ0v) is 12.4. The first-order valence-corrected chi connectivity index (χ1v) is 7.02. The van der Waals surface area contributed by atoms with Crippen molar-refractivity contribution < 1.29 is 0 Å². The second-order valence-corrected chi connectivity index (χ2v) is 6.17. The molecule has 1 unspecified atom stereocenters. The molecule has 1 aliphatic heterocycles. The molecule has 0 aromatic heterocycles. The van der Waals surface area contributed by atoms with E-state index in [0.717, 1.165) is 13.1 Å². The van der Waals surface area contributed by atoms with Gasteiger partial charge in [-0.2, -0.15) is 0 Å². The van der Waals surface area contributed by atoms with Gasteiger partial charge in [-0.3, -0.25) is 0 Å². The summed E-state index contributed by atoms with van der Waals surface area (Å²) in [5.41, 5.74) is 4.42. The zero-order chi connectivity index (χ0) is 13.3. The van der Waals surface area contributed by atoms with E-state index in [1.807, 2.05) is 0 Å². The van der Waals surface area contributed by atoms with Gasteiger partial charge in [0.2, 0.25) is 0 Å². The third-order valence-corrected chi connectivity index (χ3v) is 4.18. The maximum atomic E-state index is 3.65. The summed E-state index contributed by atoms with van der Waals surface area (Å²) in [5, 5.41) is 3.65. The van der Waals surface area contributed by atoms with E-state index < -0.39 is 0 Å². The molecule has 0 spiro atoms. The number of hydrogen-bond donors (Lipinski definition) is 1. The predicted octanol–water partition coefficient (Wildman–Crippen LogP) is 3.27. The van der Waals surface area contributed by atoms with Gasteiger partial charge in [0, 0.05) is 30.4 Å². The molecule has 2 heteroatoms. The van der Waals surface area contributed by atoms with Crippen LogP contribution in [-0.2, 0) is 0 Å². The highest BCUT2D eigenvalue weighted by molar-refractivity contribution is 5.57. The highest BCUT2D eigenvalue weighted by Gasteiger charge is 2.32. The Morgan fingerprint density at radius 3 is 2.72 bits per heavy atom. The lowest BCUT2D eigenvalue weighted by atomic mass is 9.95. The van der Waals surface area contributed by atoms with Crippen LogP contribution in [0.4, 0.5) is 5.69 Å². The SMILES string of the molecule is CCC1CNC(C)(C)CN1c1cccc(C)c1C. The van der Waals surface area contributed by atoms with Crippen LogP contribution in [0, 0.1) is 13.8 Å². The van der Waals surface area contributed by atoms with E-state index in [1.54, 1.807) is 0 Å². The molecule has 0 amide bonds. The summed E-state index contributed by atoms with van der Waals surface area (Å²) in [6.45, 7) is 13.5. The molecular formula is C16H26N2. The van der Waals surface area contributed by atoms with Gasteiger partial charge in [-0.05, 0) is 51.3 Å². The highest BCUT2D eigenvalue weighted by atomic mass is 15.3. The van der Waals surface area contributed by atoms with Crippen molar-refractivity contribution in [2.75, 3.05) is 18.0 Å². The average molecular weight is 246 g/mol. The first-order chi connectivity index (χ1) is 8.44. The van der Waals surface area contributed by atoms with E-state index in [1.165, 1.54) is 23.2 Å². The van der Waals surface area contributed by atoms with Crippen molar-refractivity contribution in [3.63, 3.8) is 0 Å². The molecule has 0 bridgehead atoms. The van der Waals surface area contributed by atoms with Gasteiger partial charge in [0.1, 0.15) is 0 Å². The Balaban J connectivity index is 2.36. The lowest BCUT2D eigenvalue weighted by molar-refractivity contribution is 0.306. The normalized spacial score (nSPS) is 23.2. The van der Waals surface area contributed by atoms with Crippen molar-refractivity contribution in [3.8, 4) is 0 Å². The molecule has 100 valence electrons. The van der Waals surface area contributed by atoms with Crippen molar-refractivity contribution in [2.24, 2.45) is 0 Å². The van der Waals surface area contributed by atoms with Crippen molar-refractivity contribution in [3.05, 3.63) is 29.3 Å². The van der Waals surface area contributed by atoms with Crippen LogP contribution in [0.1, 0.15) is 38.3 Å². The summed E-state index contributed by atoms with van der Waals surface area (Å²) >= 11 is 0. The van der Waals surface area contributed by atoms with Crippen LogP contribution < -0.4 is 10.2 Å². The maximum Gasteiger partial charge on any atom is 0.0413 e. The third kappa shape index (κ3) is 2.54. The van der Waals surface area contributed by atoms with Gasteiger partial charge >= 0.3 is 0 Å². The maximum absolute atomic E-state index is 3.65. The fourth-order valence-electron chi connectivity index (χ4n) is 2.81. The summed E-state index contributed by atoms with van der Waals surface area (Å²) in [5.74, 6) is 0. The highest BCUT2D eigenvalue weighted by Crippen LogP contribution is 2.29. The number of benzene rings is 1. The first-order valence-electron chi connectivity index (χ1n) is 7.02. The summed E-state index contributed by atoms with van der Waals surface area (Å²) in [4.78, 5) is 2.60. The molecule has 1 aromatic rings. The lowest BCUT2D eigenvalue weighted by Gasteiger charge is -2.46. The summed E-state index contributed by atoms with van der Waals surface area (Å²) in [7, 11) is 0. The van der Waals surface area contributed by atoms with Crippen LogP contribution in [0.25, 0.3) is 0 Å². The molecule has 18 heavy (non-hydrogen) atoms. The van der Waals surface area contributed by atoms with Gasteiger partial charge in [-0.25, -0.2) is 0 Å². The Bertz CT molecular complexity index is 423. The Morgan fingerprint density at radius 2 is 2.06 bits per heavy atom. The Kier molecular flexibility index (Phi) is 3.67. The molecule has 1 atom stereocenters. The van der Waals surface area contributed by atoms with E-state index in [0.29, 0.717) is 6.04 Å². The Morgan fingerprint density at radius 1 is 1.33 bits per heavy atom. The van der Waals surface area contributed by atoms with Crippen molar-refractivity contribution in [1.82, 2.24) is 5.32 Å². The second-order valence-electron chi connectivity index (χ2n) is 6.17. The topological polar surface area (TPSA) is 15.3 Å². The smallest absolute Gasteiger partial charge is 0.0413 e. The number of nitrogens with one attached hydrogen (secondary N) is 1. The number of nitrogens with zero attached hydrogens (tertiary/aromatic N) is 1. The molecule has 1 heterocycles. The number of rotatable bonds is 2. The third-order valence-electron chi connectivity index (χ3n) is 4.18. The summed E-state index contributed by atoms with van der Waals surface area (Å²) in [6.07, 6.45) is 1.19. The van der Waals surface area contributed by atoms with Crippen LogP contribution in [-0.4, -0.2) is 24.7 Å². The van der Waals surface area contributed by atoms with E-state index in [-0.39, 0.29) is 5.54 Å². The summed E-state index contributed by atoms with van der Waals surface area (Å²) < 4.78 is 0. The van der Waals surface area contributed by atoms with Gasteiger partial charge < -0.3 is 10.2 Å². The van der Waals surface area contributed by atoms with Crippen LogP contribution >= 0.6 is 0 Å². The second kappa shape index (κ2) is 4.93. The number of hydrogen-bond acceptors (Lipinski definition) is 2. The zero-order valence-electron chi connectivity index (χ0n) is 12.4. The average Bonchev–Trinajstić information content (AvgIpc) is 2.32. The van der Waals surface area contributed by atoms with Crippen LogP contribution in [0.5, 0.6) is 0 Å². The standard InChI is InChI=1S/C16H26N2/c1-6-14-10-17-16(4,5)11-18(14)15-9-7-8-12(2)13(15)3/h7-9,14,17H,6,10-11H2,1-5H3. The van der Waals surface area contributed by atoms with Gasteiger partial charge in [-0.15, -0.1) is 0 Å². The molecule has 0 saturated carbocycles.